The van der Waals surface area contributed by atoms with Crippen LogP contribution >= 0.6 is 15.9 Å². The van der Waals surface area contributed by atoms with Crippen LogP contribution < -0.4 is 20.7 Å². The van der Waals surface area contributed by atoms with Crippen LogP contribution in [-0.2, 0) is 6.54 Å². The summed E-state index contributed by atoms with van der Waals surface area (Å²) in [6, 6.07) is 10.7. The molecule has 216 valence electrons. The number of urea groups is 1. The molecule has 0 unspecified atom stereocenters. The first-order valence-electron chi connectivity index (χ1n) is 13.8. The molecule has 1 fully saturated rings. The average molecular weight is 633 g/mol. The number of methoxy groups -OCH3 is 1. The molecule has 2 aromatic heterocycles. The van der Waals surface area contributed by atoms with Gasteiger partial charge in [0.1, 0.15) is 11.4 Å². The molecule has 0 bridgehead atoms. The van der Waals surface area contributed by atoms with Crippen molar-refractivity contribution in [2.24, 2.45) is 0 Å². The zero-order chi connectivity index (χ0) is 29.4. The second-order valence-corrected chi connectivity index (χ2v) is 11.5. The molecule has 0 atom stereocenters. The van der Waals surface area contributed by atoms with Crippen LogP contribution in [0.15, 0.2) is 59.5 Å². The number of hydrogen-bond donors (Lipinski definition) is 3. The third-order valence-electron chi connectivity index (χ3n) is 7.88. The Kier molecular flexibility index (Phi) is 7.55. The molecule has 1 aliphatic carbocycles. The molecule has 0 spiro atoms. The van der Waals surface area contributed by atoms with E-state index in [0.29, 0.717) is 29.3 Å². The van der Waals surface area contributed by atoms with E-state index in [4.69, 9.17) is 4.74 Å². The normalized spacial score (nSPS) is 18.1. The van der Waals surface area contributed by atoms with Crippen molar-refractivity contribution in [1.29, 1.82) is 0 Å². The van der Waals surface area contributed by atoms with Crippen LogP contribution in [0.1, 0.15) is 57.7 Å². The van der Waals surface area contributed by atoms with Gasteiger partial charge in [-0.25, -0.2) is 14.8 Å². The topological polar surface area (TPSA) is 130 Å². The Morgan fingerprint density at radius 1 is 1.07 bits per heavy atom. The number of amides is 4. The number of imidazole rings is 1. The number of nitrogens with zero attached hydrogens (tertiary/aromatic N) is 4. The highest BCUT2D eigenvalue weighted by Gasteiger charge is 2.36. The largest absolute Gasteiger partial charge is 0.496 e. The summed E-state index contributed by atoms with van der Waals surface area (Å²) >= 11 is 3.61. The van der Waals surface area contributed by atoms with Gasteiger partial charge < -0.3 is 25.6 Å². The number of fused-ring (bicyclic) bond motifs is 2. The lowest BCUT2D eigenvalue weighted by Crippen LogP contribution is -2.45. The van der Waals surface area contributed by atoms with Crippen molar-refractivity contribution in [3.05, 3.63) is 81.8 Å². The van der Waals surface area contributed by atoms with Crippen LogP contribution in [0.2, 0.25) is 0 Å². The van der Waals surface area contributed by atoms with E-state index >= 15 is 0 Å². The van der Waals surface area contributed by atoms with Gasteiger partial charge in [-0.3, -0.25) is 14.0 Å². The predicted molar refractivity (Wildman–Crippen MR) is 161 cm³/mol. The fourth-order valence-corrected chi connectivity index (χ4v) is 6.25. The number of aryl methyl sites for hydroxylation is 1. The number of carbonyl (C=O) groups excluding carboxylic acids is 3. The molecule has 4 amide bonds. The Hall–Kier alpha value is -4.45. The molecule has 2 aliphatic rings. The Balaban J connectivity index is 1.05. The zero-order valence-corrected chi connectivity index (χ0v) is 24.8. The van der Waals surface area contributed by atoms with Gasteiger partial charge in [0, 0.05) is 64.7 Å². The van der Waals surface area contributed by atoms with Gasteiger partial charge in [0.15, 0.2) is 0 Å². The van der Waals surface area contributed by atoms with E-state index in [1.165, 1.54) is 0 Å². The van der Waals surface area contributed by atoms with E-state index in [1.54, 1.807) is 48.3 Å². The average Bonchev–Trinajstić information content (AvgIpc) is 3.56. The summed E-state index contributed by atoms with van der Waals surface area (Å²) in [5.74, 6) is 0.711. The van der Waals surface area contributed by atoms with Gasteiger partial charge in [0.25, 0.3) is 11.8 Å². The summed E-state index contributed by atoms with van der Waals surface area (Å²) < 4.78 is 7.78. The van der Waals surface area contributed by atoms with Gasteiger partial charge in [-0.15, -0.1) is 0 Å². The Morgan fingerprint density at radius 3 is 2.64 bits per heavy atom. The zero-order valence-electron chi connectivity index (χ0n) is 23.2. The third kappa shape index (κ3) is 5.54. The first-order valence-corrected chi connectivity index (χ1v) is 14.5. The Bertz CT molecular complexity index is 1660. The number of halogens is 1. The van der Waals surface area contributed by atoms with E-state index in [1.807, 2.05) is 30.0 Å². The number of ether oxygens (including phenoxy) is 1. The SMILES string of the molecule is COc1cc(NC(=O)NC2CCC(N3Cc4c(Br)cc(NC(=O)c5cn6cccnc6n5)cc4C3=O)CC2)ccc1C. The maximum absolute atomic E-state index is 13.5. The minimum Gasteiger partial charge on any atom is -0.496 e. The van der Waals surface area contributed by atoms with Crippen LogP contribution in [-0.4, -0.2) is 56.3 Å². The third-order valence-corrected chi connectivity index (χ3v) is 8.59. The molecule has 6 rings (SSSR count). The summed E-state index contributed by atoms with van der Waals surface area (Å²) in [7, 11) is 1.60. The molecule has 42 heavy (non-hydrogen) atoms. The van der Waals surface area contributed by atoms with E-state index in [-0.39, 0.29) is 35.6 Å². The number of hydrogen-bond acceptors (Lipinski definition) is 6. The molecule has 0 radical (unpaired) electrons. The number of nitrogens with one attached hydrogen (secondary N) is 3. The lowest BCUT2D eigenvalue weighted by molar-refractivity contribution is 0.0647. The quantitative estimate of drug-likeness (QED) is 0.270. The predicted octanol–water partition coefficient (Wildman–Crippen LogP) is 5.15. The summed E-state index contributed by atoms with van der Waals surface area (Å²) in [4.78, 5) is 49.3. The standard InChI is InChI=1S/C30H30BrN7O4/c1-17-4-5-19(14-26(17)42-2)35-30(41)34-18-6-8-21(9-7-18)38-15-23-22(28(38)40)12-20(13-24(23)31)33-27(39)25-16-37-11-3-10-32-29(37)36-25/h3-5,10-14,16,18,21H,6-9,15H2,1-2H3,(H,33,39)(H2,34,35,41). The first-order chi connectivity index (χ1) is 20.3. The number of benzene rings is 2. The number of carbonyl (C=O) groups is 3. The molecule has 11 nitrogen and oxygen atoms in total. The summed E-state index contributed by atoms with van der Waals surface area (Å²) in [6.07, 6.45) is 8.10. The van der Waals surface area contributed by atoms with Crippen molar-refractivity contribution in [3.8, 4) is 5.75 Å². The van der Waals surface area contributed by atoms with E-state index in [2.05, 4.69) is 41.8 Å². The van der Waals surface area contributed by atoms with E-state index < -0.39 is 0 Å². The second-order valence-electron chi connectivity index (χ2n) is 10.6. The Morgan fingerprint density at radius 2 is 1.88 bits per heavy atom. The number of rotatable bonds is 6. The van der Waals surface area contributed by atoms with Crippen molar-refractivity contribution in [3.63, 3.8) is 0 Å². The molecule has 1 saturated carbocycles. The summed E-state index contributed by atoms with van der Waals surface area (Å²) in [5.41, 5.74) is 3.88. The number of anilines is 2. The van der Waals surface area contributed by atoms with Gasteiger partial charge in [-0.05, 0) is 68.0 Å². The van der Waals surface area contributed by atoms with Gasteiger partial charge >= 0.3 is 6.03 Å². The lowest BCUT2D eigenvalue weighted by atomic mass is 9.90. The maximum atomic E-state index is 13.5. The number of aromatic nitrogens is 3. The fraction of sp³-hybridized carbons (Fsp3) is 0.300. The molecule has 4 aromatic rings. The van der Waals surface area contributed by atoms with Gasteiger partial charge in [-0.1, -0.05) is 22.0 Å². The van der Waals surface area contributed by atoms with Crippen LogP contribution in [0.5, 0.6) is 5.75 Å². The van der Waals surface area contributed by atoms with Crippen LogP contribution in [0.3, 0.4) is 0 Å². The van der Waals surface area contributed by atoms with Crippen molar-refractivity contribution >= 4 is 50.9 Å². The minimum atomic E-state index is -0.383. The molecule has 1 aliphatic heterocycles. The highest BCUT2D eigenvalue weighted by molar-refractivity contribution is 9.10. The maximum Gasteiger partial charge on any atom is 0.319 e. The fourth-order valence-electron chi connectivity index (χ4n) is 5.67. The van der Waals surface area contributed by atoms with Gasteiger partial charge in [0.05, 0.1) is 7.11 Å². The van der Waals surface area contributed by atoms with Crippen LogP contribution in [0, 0.1) is 6.92 Å². The van der Waals surface area contributed by atoms with E-state index in [0.717, 1.165) is 47.0 Å². The highest BCUT2D eigenvalue weighted by Crippen LogP contribution is 2.36. The molecular weight excluding hydrogens is 602 g/mol. The van der Waals surface area contributed by atoms with Gasteiger partial charge in [0.2, 0.25) is 5.78 Å². The van der Waals surface area contributed by atoms with E-state index in [9.17, 15) is 14.4 Å². The van der Waals surface area contributed by atoms with Crippen molar-refractivity contribution in [1.82, 2.24) is 24.6 Å². The van der Waals surface area contributed by atoms with Crippen LogP contribution in [0.25, 0.3) is 5.78 Å². The smallest absolute Gasteiger partial charge is 0.319 e. The van der Waals surface area contributed by atoms with Crippen LogP contribution in [0.4, 0.5) is 16.2 Å². The molecule has 3 N–H and O–H groups in total. The van der Waals surface area contributed by atoms with Crippen molar-refractivity contribution < 1.29 is 19.1 Å². The summed E-state index contributed by atoms with van der Waals surface area (Å²) in [5, 5.41) is 8.80. The Labute approximate surface area is 250 Å². The minimum absolute atomic E-state index is 0.0250. The molecule has 2 aromatic carbocycles. The van der Waals surface area contributed by atoms with Crippen molar-refractivity contribution in [2.45, 2.75) is 51.2 Å². The first kappa shape index (κ1) is 27.7. The second kappa shape index (κ2) is 11.4. The van der Waals surface area contributed by atoms with Crippen molar-refractivity contribution in [2.75, 3.05) is 17.7 Å². The highest BCUT2D eigenvalue weighted by atomic mass is 79.9. The summed E-state index contributed by atoms with van der Waals surface area (Å²) in [6.45, 7) is 2.45. The molecule has 0 saturated heterocycles. The molecule has 3 heterocycles. The van der Waals surface area contributed by atoms with Gasteiger partial charge in [-0.2, -0.15) is 0 Å². The molecular formula is C30H30BrN7O4. The monoisotopic (exact) mass is 631 g/mol. The lowest BCUT2D eigenvalue weighted by Gasteiger charge is -2.34. The molecule has 12 heteroatoms.